The van der Waals surface area contributed by atoms with Crippen molar-refractivity contribution in [2.75, 3.05) is 7.11 Å². The van der Waals surface area contributed by atoms with Crippen LogP contribution < -0.4 is 10.1 Å². The maximum Gasteiger partial charge on any atom is 0.252 e. The number of pyridine rings is 1. The van der Waals surface area contributed by atoms with Gasteiger partial charge in [0.15, 0.2) is 0 Å². The van der Waals surface area contributed by atoms with Crippen LogP contribution >= 0.6 is 0 Å². The topological polar surface area (TPSA) is 51.2 Å². The fraction of sp³-hybridized carbons (Fsp3) is 0.158. The van der Waals surface area contributed by atoms with Crippen molar-refractivity contribution in [3.63, 3.8) is 0 Å². The van der Waals surface area contributed by atoms with E-state index in [1.165, 1.54) is 0 Å². The number of fused-ring (bicyclic) bond motifs is 1. The summed E-state index contributed by atoms with van der Waals surface area (Å²) in [5.74, 6) is 0.651. The van der Waals surface area contributed by atoms with Gasteiger partial charge >= 0.3 is 0 Å². The van der Waals surface area contributed by atoms with E-state index in [1.54, 1.807) is 25.6 Å². The normalized spacial score (nSPS) is 11.9. The van der Waals surface area contributed by atoms with Gasteiger partial charge in [0.1, 0.15) is 5.75 Å². The van der Waals surface area contributed by atoms with Gasteiger partial charge in [-0.1, -0.05) is 30.3 Å². The van der Waals surface area contributed by atoms with Gasteiger partial charge in [0, 0.05) is 23.3 Å². The number of hydrogen-bond acceptors (Lipinski definition) is 3. The van der Waals surface area contributed by atoms with Gasteiger partial charge in [0.2, 0.25) is 0 Å². The number of nitrogens with one attached hydrogen (secondary N) is 1. The van der Waals surface area contributed by atoms with Gasteiger partial charge in [0.25, 0.3) is 5.91 Å². The lowest BCUT2D eigenvalue weighted by Crippen LogP contribution is -2.26. The number of ether oxygens (including phenoxy) is 1. The number of rotatable bonds is 4. The maximum absolute atomic E-state index is 12.7. The maximum atomic E-state index is 12.7. The van der Waals surface area contributed by atoms with Crippen molar-refractivity contribution < 1.29 is 9.53 Å². The van der Waals surface area contributed by atoms with Crippen molar-refractivity contribution in [2.24, 2.45) is 0 Å². The minimum absolute atomic E-state index is 0.111. The van der Waals surface area contributed by atoms with Crippen LogP contribution in [0.25, 0.3) is 10.8 Å². The molecule has 1 heterocycles. The van der Waals surface area contributed by atoms with Crippen molar-refractivity contribution in [1.29, 1.82) is 0 Å². The highest BCUT2D eigenvalue weighted by Crippen LogP contribution is 2.28. The first-order chi connectivity index (χ1) is 11.2. The Bertz CT molecular complexity index is 831. The third-order valence-corrected chi connectivity index (χ3v) is 3.88. The highest BCUT2D eigenvalue weighted by atomic mass is 16.5. The summed E-state index contributed by atoms with van der Waals surface area (Å²) in [6.07, 6.45) is 3.48. The van der Waals surface area contributed by atoms with E-state index in [-0.39, 0.29) is 11.9 Å². The van der Waals surface area contributed by atoms with E-state index in [0.29, 0.717) is 5.56 Å². The Balaban J connectivity index is 1.93. The second-order valence-corrected chi connectivity index (χ2v) is 5.34. The summed E-state index contributed by atoms with van der Waals surface area (Å²) in [5.41, 5.74) is 1.61. The number of amides is 1. The molecule has 1 N–H and O–H groups in total. The first kappa shape index (κ1) is 15.0. The Hall–Kier alpha value is -2.88. The monoisotopic (exact) mass is 306 g/mol. The second-order valence-electron chi connectivity index (χ2n) is 5.34. The number of benzene rings is 2. The number of carbonyl (C=O) groups excluding carboxylic acids is 1. The SMILES string of the molecule is COc1ccc(C(=O)NC(C)c2cccnc2)c2ccccc12. The predicted octanol–water partition coefficient (Wildman–Crippen LogP) is 3.73. The summed E-state index contributed by atoms with van der Waals surface area (Å²) in [7, 11) is 1.63. The van der Waals surface area contributed by atoms with Crippen LogP contribution in [-0.2, 0) is 0 Å². The molecule has 1 atom stereocenters. The molecule has 23 heavy (non-hydrogen) atoms. The molecule has 0 radical (unpaired) electrons. The zero-order chi connectivity index (χ0) is 16.2. The standard InChI is InChI=1S/C19H18N2O2/c1-13(14-6-5-11-20-12-14)21-19(22)17-9-10-18(23-2)16-8-4-3-7-15(16)17/h3-13H,1-2H3,(H,21,22). The molecule has 0 aliphatic heterocycles. The number of hydrogen-bond donors (Lipinski definition) is 1. The van der Waals surface area contributed by atoms with Gasteiger partial charge in [-0.25, -0.2) is 0 Å². The summed E-state index contributed by atoms with van der Waals surface area (Å²) in [6, 6.07) is 15.1. The van der Waals surface area contributed by atoms with E-state index < -0.39 is 0 Å². The van der Waals surface area contributed by atoms with Crippen LogP contribution in [0.1, 0.15) is 28.9 Å². The van der Waals surface area contributed by atoms with E-state index in [1.807, 2.05) is 49.4 Å². The van der Waals surface area contributed by atoms with E-state index in [2.05, 4.69) is 10.3 Å². The number of aromatic nitrogens is 1. The second kappa shape index (κ2) is 6.48. The van der Waals surface area contributed by atoms with Gasteiger partial charge in [-0.2, -0.15) is 0 Å². The van der Waals surface area contributed by atoms with Crippen LogP contribution in [0.5, 0.6) is 5.75 Å². The molecule has 1 unspecified atom stereocenters. The fourth-order valence-electron chi connectivity index (χ4n) is 2.64. The third-order valence-electron chi connectivity index (χ3n) is 3.88. The van der Waals surface area contributed by atoms with Crippen molar-refractivity contribution in [2.45, 2.75) is 13.0 Å². The summed E-state index contributed by atoms with van der Waals surface area (Å²) in [5, 5.41) is 4.83. The van der Waals surface area contributed by atoms with Gasteiger partial charge in [-0.3, -0.25) is 9.78 Å². The lowest BCUT2D eigenvalue weighted by Gasteiger charge is -2.15. The van der Waals surface area contributed by atoms with Crippen molar-refractivity contribution in [3.05, 3.63) is 72.1 Å². The molecule has 4 nitrogen and oxygen atoms in total. The summed E-state index contributed by atoms with van der Waals surface area (Å²) in [6.45, 7) is 1.95. The average Bonchev–Trinajstić information content (AvgIpc) is 2.61. The summed E-state index contributed by atoms with van der Waals surface area (Å²) < 4.78 is 5.37. The molecule has 1 amide bonds. The molecule has 0 saturated heterocycles. The molecule has 0 saturated carbocycles. The van der Waals surface area contributed by atoms with Gasteiger partial charge < -0.3 is 10.1 Å². The van der Waals surface area contributed by atoms with Crippen molar-refractivity contribution in [1.82, 2.24) is 10.3 Å². The molecule has 4 heteroatoms. The van der Waals surface area contributed by atoms with E-state index in [9.17, 15) is 4.79 Å². The van der Waals surface area contributed by atoms with E-state index in [0.717, 1.165) is 22.1 Å². The Morgan fingerprint density at radius 3 is 2.57 bits per heavy atom. The Kier molecular flexibility index (Phi) is 4.24. The van der Waals surface area contributed by atoms with Gasteiger partial charge in [-0.05, 0) is 36.1 Å². The molecule has 1 aromatic heterocycles. The van der Waals surface area contributed by atoms with E-state index >= 15 is 0 Å². The first-order valence-corrected chi connectivity index (χ1v) is 7.47. The largest absolute Gasteiger partial charge is 0.496 e. The number of nitrogens with zero attached hydrogens (tertiary/aromatic N) is 1. The average molecular weight is 306 g/mol. The van der Waals surface area contributed by atoms with Crippen molar-refractivity contribution in [3.8, 4) is 5.75 Å². The summed E-state index contributed by atoms with van der Waals surface area (Å²) in [4.78, 5) is 16.8. The molecule has 0 fully saturated rings. The van der Waals surface area contributed by atoms with Crippen LogP contribution in [0, 0.1) is 0 Å². The van der Waals surface area contributed by atoms with Crippen LogP contribution in [0.4, 0.5) is 0 Å². The van der Waals surface area contributed by atoms with Gasteiger partial charge in [-0.15, -0.1) is 0 Å². The predicted molar refractivity (Wildman–Crippen MR) is 90.6 cm³/mol. The molecule has 2 aromatic carbocycles. The molecule has 3 rings (SSSR count). The first-order valence-electron chi connectivity index (χ1n) is 7.47. The van der Waals surface area contributed by atoms with Crippen LogP contribution in [-0.4, -0.2) is 18.0 Å². The van der Waals surface area contributed by atoms with Crippen molar-refractivity contribution >= 4 is 16.7 Å². The van der Waals surface area contributed by atoms with E-state index in [4.69, 9.17) is 4.74 Å². The van der Waals surface area contributed by atoms with Crippen LogP contribution in [0.3, 0.4) is 0 Å². The Labute approximate surface area is 135 Å². The minimum atomic E-state index is -0.114. The Morgan fingerprint density at radius 2 is 1.87 bits per heavy atom. The third kappa shape index (κ3) is 3.01. The molecular formula is C19H18N2O2. The molecule has 0 aliphatic rings. The minimum Gasteiger partial charge on any atom is -0.496 e. The quantitative estimate of drug-likeness (QED) is 0.799. The van der Waals surface area contributed by atoms with Crippen LogP contribution in [0.15, 0.2) is 60.9 Å². The molecule has 116 valence electrons. The Morgan fingerprint density at radius 1 is 1.09 bits per heavy atom. The molecule has 0 bridgehead atoms. The highest BCUT2D eigenvalue weighted by Gasteiger charge is 2.15. The zero-order valence-corrected chi connectivity index (χ0v) is 13.1. The highest BCUT2D eigenvalue weighted by molar-refractivity contribution is 6.08. The smallest absolute Gasteiger partial charge is 0.252 e. The molecule has 0 spiro atoms. The number of carbonyl (C=O) groups is 1. The number of methoxy groups -OCH3 is 1. The molecule has 0 aliphatic carbocycles. The molecular weight excluding hydrogens is 288 g/mol. The fourth-order valence-corrected chi connectivity index (χ4v) is 2.64. The lowest BCUT2D eigenvalue weighted by molar-refractivity contribution is 0.0941. The molecule has 3 aromatic rings. The lowest BCUT2D eigenvalue weighted by atomic mass is 10.0. The van der Waals surface area contributed by atoms with Crippen LogP contribution in [0.2, 0.25) is 0 Å². The summed E-state index contributed by atoms with van der Waals surface area (Å²) >= 11 is 0. The zero-order valence-electron chi connectivity index (χ0n) is 13.1. The van der Waals surface area contributed by atoms with Gasteiger partial charge in [0.05, 0.1) is 13.2 Å².